The van der Waals surface area contributed by atoms with Crippen LogP contribution in [0.25, 0.3) is 33.6 Å². The van der Waals surface area contributed by atoms with E-state index in [1.54, 1.807) is 24.3 Å². The molecule has 0 saturated heterocycles. The zero-order valence-corrected chi connectivity index (χ0v) is 17.6. The normalized spacial score (nSPS) is 10.8. The van der Waals surface area contributed by atoms with Crippen LogP contribution in [-0.4, -0.2) is 18.1 Å². The summed E-state index contributed by atoms with van der Waals surface area (Å²) in [4.78, 5) is 7.07. The lowest BCUT2D eigenvalue weighted by molar-refractivity contribution is 0.627. The summed E-state index contributed by atoms with van der Waals surface area (Å²) in [7, 11) is 0. The van der Waals surface area contributed by atoms with Gasteiger partial charge in [-0.05, 0) is 97.8 Å². The minimum atomic E-state index is -0.286. The van der Waals surface area contributed by atoms with Crippen molar-refractivity contribution in [1.29, 1.82) is 0 Å². The van der Waals surface area contributed by atoms with E-state index in [2.05, 4.69) is 43.0 Å². The molecule has 0 atom stereocenters. The lowest BCUT2D eigenvalue weighted by Crippen LogP contribution is -2.21. The highest BCUT2D eigenvalue weighted by atomic mass is 19.1. The average molecular weight is 414 g/mol. The van der Waals surface area contributed by atoms with Crippen molar-refractivity contribution in [2.45, 2.75) is 13.8 Å². The molecule has 1 aromatic heterocycles. The van der Waals surface area contributed by atoms with E-state index in [1.165, 1.54) is 30.0 Å². The molecule has 3 aromatic carbocycles. The summed E-state index contributed by atoms with van der Waals surface area (Å²) in [6.07, 6.45) is 0. The molecule has 0 aliphatic carbocycles. The Morgan fingerprint density at radius 3 is 1.42 bits per heavy atom. The third-order valence-corrected chi connectivity index (χ3v) is 5.43. The van der Waals surface area contributed by atoms with Gasteiger partial charge in [-0.3, -0.25) is 0 Å². The van der Waals surface area contributed by atoms with Crippen LogP contribution in [0.5, 0.6) is 0 Å². The van der Waals surface area contributed by atoms with E-state index in [0.717, 1.165) is 46.7 Å². The first-order valence-corrected chi connectivity index (χ1v) is 10.5. The molecule has 0 N–H and O–H groups in total. The van der Waals surface area contributed by atoms with Crippen LogP contribution in [0.15, 0.2) is 84.9 Å². The third-order valence-electron chi connectivity index (χ3n) is 5.43. The Labute approximate surface area is 181 Å². The topological polar surface area (TPSA) is 16.1 Å². The molecule has 4 heteroatoms. The van der Waals surface area contributed by atoms with Crippen molar-refractivity contribution in [2.75, 3.05) is 18.0 Å². The first kappa shape index (κ1) is 20.7. The number of rotatable bonds is 6. The minimum absolute atomic E-state index is 0.286. The molecule has 0 saturated carbocycles. The Morgan fingerprint density at radius 1 is 0.581 bits per heavy atom. The van der Waals surface area contributed by atoms with Gasteiger partial charge in [0.15, 0.2) is 0 Å². The van der Waals surface area contributed by atoms with Crippen LogP contribution in [0, 0.1) is 11.6 Å². The molecular formula is C27H24F2N2. The van der Waals surface area contributed by atoms with Crippen molar-refractivity contribution in [3.8, 4) is 33.6 Å². The van der Waals surface area contributed by atoms with Gasteiger partial charge < -0.3 is 4.90 Å². The molecule has 0 bridgehead atoms. The maximum absolute atomic E-state index is 13.4. The van der Waals surface area contributed by atoms with Gasteiger partial charge in [0.2, 0.25) is 0 Å². The van der Waals surface area contributed by atoms with Gasteiger partial charge in [-0.1, -0.05) is 12.1 Å². The average Bonchev–Trinajstić information content (AvgIpc) is 2.81. The van der Waals surface area contributed by atoms with Crippen LogP contribution in [-0.2, 0) is 0 Å². The van der Waals surface area contributed by atoms with E-state index in [0.29, 0.717) is 0 Å². The fraction of sp³-hybridized carbons (Fsp3) is 0.148. The summed E-state index contributed by atoms with van der Waals surface area (Å²) >= 11 is 0. The smallest absolute Gasteiger partial charge is 0.123 e. The Bertz CT molecular complexity index is 1080. The van der Waals surface area contributed by atoms with Gasteiger partial charge in [-0.15, -0.1) is 0 Å². The van der Waals surface area contributed by atoms with Crippen LogP contribution >= 0.6 is 0 Å². The number of nitrogens with zero attached hydrogens (tertiary/aromatic N) is 2. The molecule has 156 valence electrons. The minimum Gasteiger partial charge on any atom is -0.372 e. The number of hydrogen-bond acceptors (Lipinski definition) is 2. The van der Waals surface area contributed by atoms with Gasteiger partial charge in [0.05, 0.1) is 11.4 Å². The molecule has 31 heavy (non-hydrogen) atoms. The van der Waals surface area contributed by atoms with Crippen LogP contribution in [0.3, 0.4) is 0 Å². The maximum Gasteiger partial charge on any atom is 0.123 e. The molecule has 4 rings (SSSR count). The van der Waals surface area contributed by atoms with Gasteiger partial charge in [-0.2, -0.15) is 0 Å². The predicted octanol–water partition coefficient (Wildman–Crippen LogP) is 7.21. The summed E-state index contributed by atoms with van der Waals surface area (Å²) in [5.41, 5.74) is 6.37. The van der Waals surface area contributed by atoms with Crippen molar-refractivity contribution in [3.05, 3.63) is 96.6 Å². The van der Waals surface area contributed by atoms with Crippen molar-refractivity contribution in [1.82, 2.24) is 4.98 Å². The summed E-state index contributed by atoms with van der Waals surface area (Å²) in [5.74, 6) is -0.573. The predicted molar refractivity (Wildman–Crippen MR) is 124 cm³/mol. The monoisotopic (exact) mass is 414 g/mol. The lowest BCUT2D eigenvalue weighted by atomic mass is 9.99. The Kier molecular flexibility index (Phi) is 6.08. The van der Waals surface area contributed by atoms with Crippen molar-refractivity contribution in [3.63, 3.8) is 0 Å². The SMILES string of the molecule is CCN(CC)c1ccc(-c2cc(-c3ccc(F)cc3)nc(-c3ccc(F)cc3)c2)cc1. The highest BCUT2D eigenvalue weighted by Crippen LogP contribution is 2.31. The maximum atomic E-state index is 13.4. The number of halogens is 2. The van der Waals surface area contributed by atoms with Crippen molar-refractivity contribution >= 4 is 5.69 Å². The van der Waals surface area contributed by atoms with Crippen LogP contribution in [0.4, 0.5) is 14.5 Å². The molecule has 0 aliphatic rings. The molecule has 0 unspecified atom stereocenters. The van der Waals surface area contributed by atoms with E-state index in [9.17, 15) is 8.78 Å². The molecule has 0 spiro atoms. The summed E-state index contributed by atoms with van der Waals surface area (Å²) in [6.45, 7) is 6.19. The molecule has 0 amide bonds. The molecule has 1 heterocycles. The van der Waals surface area contributed by atoms with Gasteiger partial charge >= 0.3 is 0 Å². The van der Waals surface area contributed by atoms with Crippen molar-refractivity contribution < 1.29 is 8.78 Å². The zero-order chi connectivity index (χ0) is 21.8. The molecule has 0 radical (unpaired) electrons. The number of hydrogen-bond donors (Lipinski definition) is 0. The first-order chi connectivity index (χ1) is 15.1. The molecule has 0 aliphatic heterocycles. The van der Waals surface area contributed by atoms with Gasteiger partial charge in [0, 0.05) is 29.9 Å². The van der Waals surface area contributed by atoms with Crippen LogP contribution in [0.1, 0.15) is 13.8 Å². The zero-order valence-electron chi connectivity index (χ0n) is 17.6. The summed E-state index contributed by atoms with van der Waals surface area (Å²) in [6, 6.07) is 25.1. The van der Waals surface area contributed by atoms with Crippen molar-refractivity contribution in [2.24, 2.45) is 0 Å². The largest absolute Gasteiger partial charge is 0.372 e. The molecule has 0 fully saturated rings. The summed E-state index contributed by atoms with van der Waals surface area (Å²) < 4.78 is 26.9. The second-order valence-electron chi connectivity index (χ2n) is 7.36. The number of benzene rings is 3. The van der Waals surface area contributed by atoms with E-state index in [-0.39, 0.29) is 11.6 Å². The van der Waals surface area contributed by atoms with Crippen LogP contribution in [0.2, 0.25) is 0 Å². The van der Waals surface area contributed by atoms with E-state index < -0.39 is 0 Å². The van der Waals surface area contributed by atoms with Crippen LogP contribution < -0.4 is 4.90 Å². The highest BCUT2D eigenvalue weighted by Gasteiger charge is 2.10. The molecule has 4 aromatic rings. The van der Waals surface area contributed by atoms with E-state index in [4.69, 9.17) is 4.98 Å². The first-order valence-electron chi connectivity index (χ1n) is 10.5. The number of pyridine rings is 1. The van der Waals surface area contributed by atoms with E-state index in [1.807, 2.05) is 12.1 Å². The fourth-order valence-electron chi connectivity index (χ4n) is 3.69. The highest BCUT2D eigenvalue weighted by molar-refractivity contribution is 5.77. The second-order valence-corrected chi connectivity index (χ2v) is 7.36. The second kappa shape index (κ2) is 9.09. The fourth-order valence-corrected chi connectivity index (χ4v) is 3.69. The number of aromatic nitrogens is 1. The van der Waals surface area contributed by atoms with E-state index >= 15 is 0 Å². The Hall–Kier alpha value is -3.53. The van der Waals surface area contributed by atoms with Gasteiger partial charge in [0.1, 0.15) is 11.6 Å². The van der Waals surface area contributed by atoms with Gasteiger partial charge in [0.25, 0.3) is 0 Å². The Morgan fingerprint density at radius 2 is 1.00 bits per heavy atom. The van der Waals surface area contributed by atoms with Gasteiger partial charge in [-0.25, -0.2) is 13.8 Å². The number of anilines is 1. The molecule has 2 nitrogen and oxygen atoms in total. The quantitative estimate of drug-likeness (QED) is 0.331. The summed E-state index contributed by atoms with van der Waals surface area (Å²) in [5, 5.41) is 0. The molecular weight excluding hydrogens is 390 g/mol. The Balaban J connectivity index is 1.81. The third kappa shape index (κ3) is 4.64. The standard InChI is InChI=1S/C27H24F2N2/c1-3-31(4-2)25-15-9-19(10-16-25)22-17-26(20-5-11-23(28)12-6-20)30-27(18-22)21-7-13-24(29)14-8-21/h5-18H,3-4H2,1-2H3. The lowest BCUT2D eigenvalue weighted by Gasteiger charge is -2.21.